The lowest BCUT2D eigenvalue weighted by molar-refractivity contribution is -0.0296. The minimum atomic E-state index is -0.325. The lowest BCUT2D eigenvalue weighted by Gasteiger charge is -2.40. The maximum Gasteiger partial charge on any atom is 0.0662 e. The molecule has 2 heteroatoms. The molecule has 1 heterocycles. The van der Waals surface area contributed by atoms with E-state index in [0.717, 1.165) is 19.3 Å². The number of likely N-dealkylation sites (tertiary alicyclic amines) is 1. The first kappa shape index (κ1) is 11.4. The van der Waals surface area contributed by atoms with Crippen LogP contribution >= 0.6 is 0 Å². The Bertz CT molecular complexity index is 199. The standard InChI is InChI=1S/C13H25NO/c1-14-10-6-3-7-12(14)11-13(15)8-4-2-5-9-13/h12,15H,2-11H2,1H3. The van der Waals surface area contributed by atoms with Crippen molar-refractivity contribution in [3.8, 4) is 0 Å². The average Bonchev–Trinajstić information content (AvgIpc) is 2.22. The van der Waals surface area contributed by atoms with E-state index in [0.29, 0.717) is 6.04 Å². The van der Waals surface area contributed by atoms with Crippen molar-refractivity contribution in [1.82, 2.24) is 4.90 Å². The highest BCUT2D eigenvalue weighted by Crippen LogP contribution is 2.34. The van der Waals surface area contributed by atoms with Crippen LogP contribution < -0.4 is 0 Å². The summed E-state index contributed by atoms with van der Waals surface area (Å²) in [6, 6.07) is 0.641. The molecular formula is C13H25NO. The number of rotatable bonds is 2. The second-order valence-corrected chi connectivity index (χ2v) is 5.62. The third-order valence-electron chi connectivity index (χ3n) is 4.32. The molecule has 1 atom stereocenters. The van der Waals surface area contributed by atoms with E-state index in [9.17, 15) is 5.11 Å². The second-order valence-electron chi connectivity index (χ2n) is 5.62. The minimum Gasteiger partial charge on any atom is -0.390 e. The fourth-order valence-electron chi connectivity index (χ4n) is 3.25. The van der Waals surface area contributed by atoms with Gasteiger partial charge in [-0.15, -0.1) is 0 Å². The molecule has 88 valence electrons. The predicted octanol–water partition coefficient (Wildman–Crippen LogP) is 2.56. The van der Waals surface area contributed by atoms with E-state index in [1.807, 2.05) is 0 Å². The molecule has 0 bridgehead atoms. The smallest absolute Gasteiger partial charge is 0.0662 e. The van der Waals surface area contributed by atoms with Gasteiger partial charge in [0.2, 0.25) is 0 Å². The molecule has 0 amide bonds. The highest BCUT2D eigenvalue weighted by molar-refractivity contribution is 4.88. The monoisotopic (exact) mass is 211 g/mol. The van der Waals surface area contributed by atoms with Crippen LogP contribution in [0.3, 0.4) is 0 Å². The summed E-state index contributed by atoms with van der Waals surface area (Å²) in [6.07, 6.45) is 10.9. The molecule has 0 aromatic heterocycles. The summed E-state index contributed by atoms with van der Waals surface area (Å²) >= 11 is 0. The zero-order valence-corrected chi connectivity index (χ0v) is 10.0. The third-order valence-corrected chi connectivity index (χ3v) is 4.32. The average molecular weight is 211 g/mol. The Balaban J connectivity index is 1.88. The SMILES string of the molecule is CN1CCCCC1CC1(O)CCCCC1. The molecule has 1 aliphatic carbocycles. The highest BCUT2D eigenvalue weighted by atomic mass is 16.3. The van der Waals surface area contributed by atoms with E-state index in [1.54, 1.807) is 0 Å². The molecule has 0 aromatic rings. The zero-order chi connectivity index (χ0) is 10.7. The van der Waals surface area contributed by atoms with Crippen molar-refractivity contribution in [2.45, 2.75) is 69.4 Å². The van der Waals surface area contributed by atoms with Crippen LogP contribution in [0.2, 0.25) is 0 Å². The van der Waals surface area contributed by atoms with Gasteiger partial charge in [0.05, 0.1) is 5.60 Å². The Hall–Kier alpha value is -0.0800. The molecule has 1 N–H and O–H groups in total. The van der Waals surface area contributed by atoms with Crippen LogP contribution in [0.1, 0.15) is 57.8 Å². The maximum absolute atomic E-state index is 10.5. The van der Waals surface area contributed by atoms with Crippen LogP contribution in [0.5, 0.6) is 0 Å². The van der Waals surface area contributed by atoms with Crippen molar-refractivity contribution in [2.24, 2.45) is 0 Å². The Kier molecular flexibility index (Phi) is 3.68. The van der Waals surface area contributed by atoms with Crippen molar-refractivity contribution >= 4 is 0 Å². The van der Waals surface area contributed by atoms with Crippen molar-refractivity contribution in [1.29, 1.82) is 0 Å². The number of nitrogens with zero attached hydrogens (tertiary/aromatic N) is 1. The van der Waals surface area contributed by atoms with Gasteiger partial charge in [-0.05, 0) is 45.7 Å². The van der Waals surface area contributed by atoms with Crippen LogP contribution in [-0.4, -0.2) is 35.2 Å². The first-order chi connectivity index (χ1) is 7.20. The predicted molar refractivity (Wildman–Crippen MR) is 62.9 cm³/mol. The minimum absolute atomic E-state index is 0.325. The summed E-state index contributed by atoms with van der Waals surface area (Å²) in [4.78, 5) is 2.45. The van der Waals surface area contributed by atoms with Gasteiger partial charge < -0.3 is 10.0 Å². The Labute approximate surface area is 93.7 Å². The van der Waals surface area contributed by atoms with Gasteiger partial charge >= 0.3 is 0 Å². The molecule has 2 nitrogen and oxygen atoms in total. The summed E-state index contributed by atoms with van der Waals surface area (Å²) in [6.45, 7) is 1.22. The fourth-order valence-corrected chi connectivity index (χ4v) is 3.25. The van der Waals surface area contributed by atoms with E-state index in [4.69, 9.17) is 0 Å². The molecule has 1 unspecified atom stereocenters. The number of piperidine rings is 1. The summed E-state index contributed by atoms with van der Waals surface area (Å²) in [5.74, 6) is 0. The Morgan fingerprint density at radius 1 is 1.13 bits per heavy atom. The van der Waals surface area contributed by atoms with Gasteiger partial charge in [-0.3, -0.25) is 0 Å². The second kappa shape index (κ2) is 4.84. The quantitative estimate of drug-likeness (QED) is 0.759. The molecule has 2 aliphatic rings. The molecule has 1 saturated heterocycles. The Morgan fingerprint density at radius 3 is 2.53 bits per heavy atom. The van der Waals surface area contributed by atoms with Crippen LogP contribution in [0, 0.1) is 0 Å². The molecular weight excluding hydrogens is 186 g/mol. The van der Waals surface area contributed by atoms with Crippen molar-refractivity contribution in [3.63, 3.8) is 0 Å². The molecule has 2 rings (SSSR count). The molecule has 1 saturated carbocycles. The van der Waals surface area contributed by atoms with Crippen molar-refractivity contribution in [2.75, 3.05) is 13.6 Å². The molecule has 1 aliphatic heterocycles. The Morgan fingerprint density at radius 2 is 1.87 bits per heavy atom. The van der Waals surface area contributed by atoms with Gasteiger partial charge in [-0.2, -0.15) is 0 Å². The van der Waals surface area contributed by atoms with E-state index in [-0.39, 0.29) is 5.60 Å². The third kappa shape index (κ3) is 2.94. The summed E-state index contributed by atoms with van der Waals surface area (Å²) in [5, 5.41) is 10.5. The lowest BCUT2D eigenvalue weighted by atomic mass is 9.79. The van der Waals surface area contributed by atoms with Gasteiger partial charge in [-0.1, -0.05) is 25.7 Å². The van der Waals surface area contributed by atoms with E-state index in [2.05, 4.69) is 11.9 Å². The van der Waals surface area contributed by atoms with Crippen molar-refractivity contribution in [3.05, 3.63) is 0 Å². The van der Waals surface area contributed by atoms with Crippen LogP contribution in [0.4, 0.5) is 0 Å². The van der Waals surface area contributed by atoms with Crippen LogP contribution in [0.25, 0.3) is 0 Å². The van der Waals surface area contributed by atoms with E-state index < -0.39 is 0 Å². The maximum atomic E-state index is 10.5. The summed E-state index contributed by atoms with van der Waals surface area (Å²) in [5.41, 5.74) is -0.325. The molecule has 15 heavy (non-hydrogen) atoms. The fraction of sp³-hybridized carbons (Fsp3) is 1.00. The summed E-state index contributed by atoms with van der Waals surface area (Å²) < 4.78 is 0. The lowest BCUT2D eigenvalue weighted by Crippen LogP contribution is -2.44. The van der Waals surface area contributed by atoms with Gasteiger partial charge in [0.25, 0.3) is 0 Å². The van der Waals surface area contributed by atoms with Gasteiger partial charge in [0.15, 0.2) is 0 Å². The highest BCUT2D eigenvalue weighted by Gasteiger charge is 2.33. The molecule has 0 radical (unpaired) electrons. The number of hydrogen-bond acceptors (Lipinski definition) is 2. The topological polar surface area (TPSA) is 23.5 Å². The largest absolute Gasteiger partial charge is 0.390 e. The van der Waals surface area contributed by atoms with E-state index >= 15 is 0 Å². The van der Waals surface area contributed by atoms with Crippen LogP contribution in [0.15, 0.2) is 0 Å². The van der Waals surface area contributed by atoms with Gasteiger partial charge in [0.1, 0.15) is 0 Å². The first-order valence-electron chi connectivity index (χ1n) is 6.62. The normalized spacial score (nSPS) is 32.8. The van der Waals surface area contributed by atoms with E-state index in [1.165, 1.54) is 45.1 Å². The number of hydrogen-bond donors (Lipinski definition) is 1. The molecule has 0 spiro atoms. The molecule has 0 aromatic carbocycles. The van der Waals surface area contributed by atoms with Gasteiger partial charge in [0, 0.05) is 6.04 Å². The van der Waals surface area contributed by atoms with Gasteiger partial charge in [-0.25, -0.2) is 0 Å². The molecule has 2 fully saturated rings. The zero-order valence-electron chi connectivity index (χ0n) is 10.0. The number of aliphatic hydroxyl groups is 1. The van der Waals surface area contributed by atoms with Crippen molar-refractivity contribution < 1.29 is 5.11 Å². The first-order valence-corrected chi connectivity index (χ1v) is 6.62. The van der Waals surface area contributed by atoms with Crippen LogP contribution in [-0.2, 0) is 0 Å². The summed E-state index contributed by atoms with van der Waals surface area (Å²) in [7, 11) is 2.22.